The predicted octanol–water partition coefficient (Wildman–Crippen LogP) is -0.0536. The van der Waals surface area contributed by atoms with Crippen LogP contribution >= 0.6 is 0 Å². The van der Waals surface area contributed by atoms with Crippen LogP contribution in [0.25, 0.3) is 0 Å². The van der Waals surface area contributed by atoms with E-state index < -0.39 is 5.97 Å². The maximum absolute atomic E-state index is 11.0. The second-order valence-electron chi connectivity index (χ2n) is 4.37. The Morgan fingerprint density at radius 3 is 2.15 bits per heavy atom. The first-order valence-corrected chi connectivity index (χ1v) is 6.04. The number of carbonyl (C=O) groups is 1. The van der Waals surface area contributed by atoms with Crippen molar-refractivity contribution in [3.8, 4) is 11.8 Å². The van der Waals surface area contributed by atoms with Crippen molar-refractivity contribution < 1.29 is 19.4 Å². The summed E-state index contributed by atoms with van der Waals surface area (Å²) in [6.45, 7) is 0.968. The molecule has 0 aliphatic carbocycles. The van der Waals surface area contributed by atoms with Gasteiger partial charge in [0.15, 0.2) is 0 Å². The number of aliphatic carboxylic acids is 1. The van der Waals surface area contributed by atoms with Gasteiger partial charge >= 0.3 is 5.97 Å². The fourth-order valence-corrected chi connectivity index (χ4v) is 1.48. The van der Waals surface area contributed by atoms with Crippen molar-refractivity contribution >= 4 is 11.9 Å². The standard InChI is InChI=1S/C12H20N4O4/c1-15(2)5-6-16(8-11(17)18)12-13-9(19-3)7-10(14-12)20-4/h7H,5-6,8H2,1-4H3,(H,17,18). The molecule has 0 aliphatic heterocycles. The van der Waals surface area contributed by atoms with Crippen LogP contribution in [0.1, 0.15) is 0 Å². The lowest BCUT2D eigenvalue weighted by Crippen LogP contribution is -2.36. The smallest absolute Gasteiger partial charge is 0.323 e. The first-order valence-electron chi connectivity index (χ1n) is 6.04. The molecule has 0 aromatic carbocycles. The van der Waals surface area contributed by atoms with Crippen molar-refractivity contribution in [3.05, 3.63) is 6.07 Å². The minimum Gasteiger partial charge on any atom is -0.481 e. The molecule has 1 aromatic heterocycles. The molecule has 8 heteroatoms. The topological polar surface area (TPSA) is 88.0 Å². The molecular formula is C12H20N4O4. The van der Waals surface area contributed by atoms with Crippen LogP contribution in [0, 0.1) is 0 Å². The van der Waals surface area contributed by atoms with E-state index in [1.165, 1.54) is 20.3 Å². The lowest BCUT2D eigenvalue weighted by Gasteiger charge is -2.23. The summed E-state index contributed by atoms with van der Waals surface area (Å²) in [6, 6.07) is 1.54. The first kappa shape index (κ1) is 16.0. The van der Waals surface area contributed by atoms with Gasteiger partial charge in [0, 0.05) is 13.1 Å². The molecule has 1 heterocycles. The molecule has 20 heavy (non-hydrogen) atoms. The third-order valence-electron chi connectivity index (χ3n) is 2.51. The maximum Gasteiger partial charge on any atom is 0.323 e. The monoisotopic (exact) mass is 284 g/mol. The van der Waals surface area contributed by atoms with Gasteiger partial charge in [0.25, 0.3) is 0 Å². The largest absolute Gasteiger partial charge is 0.481 e. The summed E-state index contributed by atoms with van der Waals surface area (Å²) < 4.78 is 10.1. The lowest BCUT2D eigenvalue weighted by atomic mass is 10.4. The van der Waals surface area contributed by atoms with E-state index in [1.807, 2.05) is 19.0 Å². The van der Waals surface area contributed by atoms with Gasteiger partial charge < -0.3 is 24.4 Å². The zero-order valence-electron chi connectivity index (χ0n) is 12.2. The van der Waals surface area contributed by atoms with Gasteiger partial charge in [0.05, 0.1) is 20.3 Å². The number of carboxylic acid groups (broad SMARTS) is 1. The first-order chi connectivity index (χ1) is 9.46. The number of carboxylic acids is 1. The Balaban J connectivity index is 3.01. The number of methoxy groups -OCH3 is 2. The van der Waals surface area contributed by atoms with Crippen molar-refractivity contribution in [2.24, 2.45) is 0 Å². The summed E-state index contributed by atoms with van der Waals surface area (Å²) >= 11 is 0. The van der Waals surface area contributed by atoms with Crippen LogP contribution in [-0.4, -0.2) is 73.9 Å². The fraction of sp³-hybridized carbons (Fsp3) is 0.583. The molecule has 112 valence electrons. The van der Waals surface area contributed by atoms with E-state index >= 15 is 0 Å². The molecule has 0 aliphatic rings. The average Bonchev–Trinajstić information content (AvgIpc) is 2.42. The van der Waals surface area contributed by atoms with Gasteiger partial charge in [-0.15, -0.1) is 0 Å². The molecule has 0 atom stereocenters. The number of likely N-dealkylation sites (N-methyl/N-ethyl adjacent to an activating group) is 1. The van der Waals surface area contributed by atoms with E-state index in [0.717, 1.165) is 0 Å². The number of aromatic nitrogens is 2. The van der Waals surface area contributed by atoms with Crippen molar-refractivity contribution in [2.75, 3.05) is 52.8 Å². The molecular weight excluding hydrogens is 264 g/mol. The highest BCUT2D eigenvalue weighted by molar-refractivity contribution is 5.72. The Kier molecular flexibility index (Phi) is 5.98. The van der Waals surface area contributed by atoms with E-state index in [9.17, 15) is 4.79 Å². The summed E-state index contributed by atoms with van der Waals surface area (Å²) in [4.78, 5) is 22.8. The van der Waals surface area contributed by atoms with Gasteiger partial charge in [-0.2, -0.15) is 9.97 Å². The van der Waals surface area contributed by atoms with Crippen LogP contribution in [0.3, 0.4) is 0 Å². The fourth-order valence-electron chi connectivity index (χ4n) is 1.48. The molecule has 0 saturated heterocycles. The van der Waals surface area contributed by atoms with Crippen LogP contribution in [-0.2, 0) is 4.79 Å². The van der Waals surface area contributed by atoms with E-state index in [1.54, 1.807) is 4.90 Å². The Labute approximate surface area is 117 Å². The third-order valence-corrected chi connectivity index (χ3v) is 2.51. The second-order valence-corrected chi connectivity index (χ2v) is 4.37. The van der Waals surface area contributed by atoms with Crippen LogP contribution in [0.5, 0.6) is 11.8 Å². The number of rotatable bonds is 8. The summed E-state index contributed by atoms with van der Waals surface area (Å²) in [5.41, 5.74) is 0. The molecule has 0 spiro atoms. The molecule has 0 amide bonds. The summed E-state index contributed by atoms with van der Waals surface area (Å²) in [6.07, 6.45) is 0. The summed E-state index contributed by atoms with van der Waals surface area (Å²) in [7, 11) is 6.78. The minimum atomic E-state index is -0.950. The lowest BCUT2D eigenvalue weighted by molar-refractivity contribution is -0.135. The Morgan fingerprint density at radius 1 is 1.20 bits per heavy atom. The van der Waals surface area contributed by atoms with Gasteiger partial charge in [-0.1, -0.05) is 0 Å². The summed E-state index contributed by atoms with van der Waals surface area (Å²) in [5, 5.41) is 8.99. The van der Waals surface area contributed by atoms with Crippen molar-refractivity contribution in [2.45, 2.75) is 0 Å². The SMILES string of the molecule is COc1cc(OC)nc(N(CCN(C)C)CC(=O)O)n1. The van der Waals surface area contributed by atoms with Crippen LogP contribution in [0.4, 0.5) is 5.95 Å². The van der Waals surface area contributed by atoms with Crippen LogP contribution < -0.4 is 14.4 Å². The Morgan fingerprint density at radius 2 is 1.75 bits per heavy atom. The molecule has 1 aromatic rings. The molecule has 0 saturated carbocycles. The zero-order valence-corrected chi connectivity index (χ0v) is 12.2. The van der Waals surface area contributed by atoms with Gasteiger partial charge in [-0.25, -0.2) is 0 Å². The summed E-state index contributed by atoms with van der Waals surface area (Å²) in [5.74, 6) is -0.0289. The third kappa shape index (κ3) is 4.88. The predicted molar refractivity (Wildman–Crippen MR) is 73.5 cm³/mol. The van der Waals surface area contributed by atoms with Crippen molar-refractivity contribution in [1.29, 1.82) is 0 Å². The Hall–Kier alpha value is -2.09. The minimum absolute atomic E-state index is 0.190. The Bertz CT molecular complexity index is 431. The van der Waals surface area contributed by atoms with Crippen molar-refractivity contribution in [1.82, 2.24) is 14.9 Å². The van der Waals surface area contributed by atoms with Crippen LogP contribution in [0.2, 0.25) is 0 Å². The van der Waals surface area contributed by atoms with Gasteiger partial charge in [0.2, 0.25) is 17.7 Å². The average molecular weight is 284 g/mol. The molecule has 0 bridgehead atoms. The number of nitrogens with zero attached hydrogens (tertiary/aromatic N) is 4. The van der Waals surface area contributed by atoms with Gasteiger partial charge in [-0.3, -0.25) is 4.79 Å². The van der Waals surface area contributed by atoms with E-state index in [0.29, 0.717) is 24.8 Å². The second kappa shape index (κ2) is 7.49. The highest BCUT2D eigenvalue weighted by Gasteiger charge is 2.16. The molecule has 0 radical (unpaired) electrons. The molecule has 8 nitrogen and oxygen atoms in total. The van der Waals surface area contributed by atoms with Crippen molar-refractivity contribution in [3.63, 3.8) is 0 Å². The van der Waals surface area contributed by atoms with E-state index in [4.69, 9.17) is 14.6 Å². The molecule has 0 fully saturated rings. The molecule has 0 unspecified atom stereocenters. The highest BCUT2D eigenvalue weighted by Crippen LogP contribution is 2.19. The number of anilines is 1. The highest BCUT2D eigenvalue weighted by atomic mass is 16.5. The molecule has 1 N–H and O–H groups in total. The van der Waals surface area contributed by atoms with Crippen LogP contribution in [0.15, 0.2) is 6.07 Å². The number of hydrogen-bond donors (Lipinski definition) is 1. The van der Waals surface area contributed by atoms with E-state index in [-0.39, 0.29) is 12.5 Å². The van der Waals surface area contributed by atoms with Gasteiger partial charge in [0.1, 0.15) is 6.54 Å². The maximum atomic E-state index is 11.0. The number of hydrogen-bond acceptors (Lipinski definition) is 7. The quantitative estimate of drug-likeness (QED) is 0.710. The normalized spacial score (nSPS) is 10.4. The van der Waals surface area contributed by atoms with E-state index in [2.05, 4.69) is 9.97 Å². The zero-order chi connectivity index (χ0) is 15.1. The number of ether oxygens (including phenoxy) is 2. The molecule has 1 rings (SSSR count). The van der Waals surface area contributed by atoms with Gasteiger partial charge in [-0.05, 0) is 14.1 Å².